The van der Waals surface area contributed by atoms with E-state index >= 15 is 0 Å². The lowest BCUT2D eigenvalue weighted by Gasteiger charge is -2.14. The first-order chi connectivity index (χ1) is 10.0. The van der Waals surface area contributed by atoms with Crippen LogP contribution >= 0.6 is 0 Å². The van der Waals surface area contributed by atoms with Gasteiger partial charge in [0.2, 0.25) is 0 Å². The highest BCUT2D eigenvalue weighted by Gasteiger charge is 2.21. The Morgan fingerprint density at radius 3 is 2.48 bits per heavy atom. The van der Waals surface area contributed by atoms with Gasteiger partial charge in [0.05, 0.1) is 0 Å². The molecule has 0 saturated carbocycles. The largest absolute Gasteiger partial charge is 0.480 e. The number of carbonyl (C=O) groups excluding carboxylic acids is 1. The topological polar surface area (TPSA) is 66.4 Å². The van der Waals surface area contributed by atoms with Crippen molar-refractivity contribution in [1.82, 2.24) is 5.32 Å². The van der Waals surface area contributed by atoms with Gasteiger partial charge in [-0.1, -0.05) is 37.6 Å². The number of halogens is 1. The molecule has 0 aliphatic carbocycles. The first kappa shape index (κ1) is 15.0. The average molecular weight is 289 g/mol. The summed E-state index contributed by atoms with van der Waals surface area (Å²) in [5.41, 5.74) is 0.273. The first-order valence-corrected chi connectivity index (χ1v) is 6.75. The predicted octanol–water partition coefficient (Wildman–Crippen LogP) is 2.96. The maximum Gasteiger partial charge on any atom is 0.326 e. The van der Waals surface area contributed by atoms with E-state index in [1.54, 1.807) is 24.3 Å². The van der Waals surface area contributed by atoms with E-state index in [1.165, 1.54) is 12.1 Å². The van der Waals surface area contributed by atoms with E-state index in [9.17, 15) is 14.0 Å². The lowest BCUT2D eigenvalue weighted by atomic mass is 10.0. The van der Waals surface area contributed by atoms with Gasteiger partial charge in [-0.25, -0.2) is 9.18 Å². The monoisotopic (exact) mass is 289 g/mol. The van der Waals surface area contributed by atoms with Crippen molar-refractivity contribution < 1.29 is 19.1 Å². The summed E-state index contributed by atoms with van der Waals surface area (Å²) in [5.74, 6) is -1.99. The fraction of sp³-hybridized carbons (Fsp3) is 0.250. The number of hydrogen-bond acceptors (Lipinski definition) is 2. The maximum atomic E-state index is 13.7. The minimum atomic E-state index is -1.07. The van der Waals surface area contributed by atoms with Crippen molar-refractivity contribution >= 4 is 22.6 Å². The molecule has 0 radical (unpaired) electrons. The van der Waals surface area contributed by atoms with Gasteiger partial charge in [-0.2, -0.15) is 0 Å². The number of amides is 1. The Kier molecular flexibility index (Phi) is 4.52. The van der Waals surface area contributed by atoms with Crippen molar-refractivity contribution in [2.24, 2.45) is 0 Å². The molecule has 2 aromatic rings. The van der Waals surface area contributed by atoms with Crippen LogP contribution in [0.4, 0.5) is 4.39 Å². The molecule has 2 N–H and O–H groups in total. The standard InChI is InChI=1S/C16H16FNO3/c1-2-5-14(16(20)21)18-15(19)12-8-9-13(17)11-7-4-3-6-10(11)12/h3-4,6-9,14H,2,5H2,1H3,(H,18,19)(H,20,21)/t14-/m0/s1. The third kappa shape index (κ3) is 3.18. The summed E-state index contributed by atoms with van der Waals surface area (Å²) in [6.45, 7) is 1.84. The van der Waals surface area contributed by atoms with Crippen LogP contribution in [0.15, 0.2) is 36.4 Å². The van der Waals surface area contributed by atoms with Crippen LogP contribution in [0.2, 0.25) is 0 Å². The third-order valence-corrected chi connectivity index (χ3v) is 3.30. The SMILES string of the molecule is CCC[C@H](NC(=O)c1ccc(F)c2ccccc12)C(=O)O. The van der Waals surface area contributed by atoms with Gasteiger partial charge in [-0.3, -0.25) is 4.79 Å². The number of hydrogen-bond donors (Lipinski definition) is 2. The molecule has 0 spiro atoms. The number of fused-ring (bicyclic) bond motifs is 1. The van der Waals surface area contributed by atoms with Crippen molar-refractivity contribution in [2.75, 3.05) is 0 Å². The summed E-state index contributed by atoms with van der Waals surface area (Å²) >= 11 is 0. The fourth-order valence-electron chi connectivity index (χ4n) is 2.24. The molecule has 110 valence electrons. The molecule has 2 aromatic carbocycles. The molecule has 0 saturated heterocycles. The van der Waals surface area contributed by atoms with Crippen LogP contribution in [-0.2, 0) is 4.79 Å². The normalized spacial score (nSPS) is 12.1. The van der Waals surface area contributed by atoms with Gasteiger partial charge in [0.1, 0.15) is 11.9 Å². The van der Waals surface area contributed by atoms with Gasteiger partial charge in [-0.05, 0) is 23.9 Å². The van der Waals surface area contributed by atoms with Crippen LogP contribution in [0.3, 0.4) is 0 Å². The summed E-state index contributed by atoms with van der Waals surface area (Å²) in [6, 6.07) is 8.27. The highest BCUT2D eigenvalue weighted by Crippen LogP contribution is 2.22. The number of aliphatic carboxylic acids is 1. The molecule has 0 fully saturated rings. The summed E-state index contributed by atoms with van der Waals surface area (Å²) in [4.78, 5) is 23.4. The molecule has 0 aromatic heterocycles. The molecular weight excluding hydrogens is 273 g/mol. The van der Waals surface area contributed by atoms with Crippen molar-refractivity contribution in [1.29, 1.82) is 0 Å². The molecule has 21 heavy (non-hydrogen) atoms. The Hall–Kier alpha value is -2.43. The minimum absolute atomic E-state index is 0.273. The predicted molar refractivity (Wildman–Crippen MR) is 77.7 cm³/mol. The molecular formula is C16H16FNO3. The summed E-state index contributed by atoms with van der Waals surface area (Å²) < 4.78 is 13.7. The lowest BCUT2D eigenvalue weighted by molar-refractivity contribution is -0.139. The van der Waals surface area contributed by atoms with E-state index in [0.717, 1.165) is 0 Å². The zero-order valence-electron chi connectivity index (χ0n) is 11.6. The summed E-state index contributed by atoms with van der Waals surface area (Å²) in [6.07, 6.45) is 0.988. The second-order valence-corrected chi connectivity index (χ2v) is 4.79. The van der Waals surface area contributed by atoms with Gasteiger partial charge >= 0.3 is 5.97 Å². The first-order valence-electron chi connectivity index (χ1n) is 6.75. The van der Waals surface area contributed by atoms with Crippen LogP contribution < -0.4 is 5.32 Å². The summed E-state index contributed by atoms with van der Waals surface area (Å²) in [7, 11) is 0. The zero-order chi connectivity index (χ0) is 15.4. The van der Waals surface area contributed by atoms with Crippen LogP contribution in [0, 0.1) is 5.82 Å². The average Bonchev–Trinajstić information content (AvgIpc) is 2.47. The van der Waals surface area contributed by atoms with Gasteiger partial charge in [0.25, 0.3) is 5.91 Å². The van der Waals surface area contributed by atoms with Crippen molar-refractivity contribution in [3.05, 3.63) is 47.8 Å². The molecule has 2 rings (SSSR count). The number of carbonyl (C=O) groups is 2. The van der Waals surface area contributed by atoms with Crippen LogP contribution in [0.5, 0.6) is 0 Å². The molecule has 0 bridgehead atoms. The van der Waals surface area contributed by atoms with E-state index in [0.29, 0.717) is 23.6 Å². The molecule has 4 nitrogen and oxygen atoms in total. The number of rotatable bonds is 5. The third-order valence-electron chi connectivity index (χ3n) is 3.30. The van der Waals surface area contributed by atoms with Gasteiger partial charge in [0.15, 0.2) is 0 Å². The maximum absolute atomic E-state index is 13.7. The van der Waals surface area contributed by atoms with Crippen molar-refractivity contribution in [2.45, 2.75) is 25.8 Å². The Bertz CT molecular complexity index is 684. The van der Waals surface area contributed by atoms with Gasteiger partial charge < -0.3 is 10.4 Å². The summed E-state index contributed by atoms with van der Waals surface area (Å²) in [5, 5.41) is 12.4. The highest BCUT2D eigenvalue weighted by atomic mass is 19.1. The smallest absolute Gasteiger partial charge is 0.326 e. The second-order valence-electron chi connectivity index (χ2n) is 4.79. The van der Waals surface area contributed by atoms with E-state index < -0.39 is 23.7 Å². The highest BCUT2D eigenvalue weighted by molar-refractivity contribution is 6.08. The van der Waals surface area contributed by atoms with Gasteiger partial charge in [-0.15, -0.1) is 0 Å². The Morgan fingerprint density at radius 2 is 1.86 bits per heavy atom. The number of nitrogens with one attached hydrogen (secondary N) is 1. The van der Waals surface area contributed by atoms with E-state index in [4.69, 9.17) is 5.11 Å². The second kappa shape index (κ2) is 6.35. The molecule has 1 amide bonds. The lowest BCUT2D eigenvalue weighted by Crippen LogP contribution is -2.40. The fourth-order valence-corrected chi connectivity index (χ4v) is 2.24. The molecule has 5 heteroatoms. The minimum Gasteiger partial charge on any atom is -0.480 e. The van der Waals surface area contributed by atoms with E-state index in [1.807, 2.05) is 6.92 Å². The van der Waals surface area contributed by atoms with E-state index in [-0.39, 0.29) is 5.56 Å². The number of benzene rings is 2. The Balaban J connectivity index is 2.36. The van der Waals surface area contributed by atoms with Crippen LogP contribution in [-0.4, -0.2) is 23.0 Å². The van der Waals surface area contributed by atoms with E-state index in [2.05, 4.69) is 5.32 Å². The molecule has 1 atom stereocenters. The Labute approximate surface area is 121 Å². The van der Waals surface area contributed by atoms with Crippen LogP contribution in [0.25, 0.3) is 10.8 Å². The number of carboxylic acid groups (broad SMARTS) is 1. The molecule has 0 heterocycles. The van der Waals surface area contributed by atoms with Crippen molar-refractivity contribution in [3.63, 3.8) is 0 Å². The zero-order valence-corrected chi connectivity index (χ0v) is 11.6. The molecule has 0 aliphatic rings. The molecule has 0 unspecified atom stereocenters. The molecule has 0 aliphatic heterocycles. The van der Waals surface area contributed by atoms with Crippen LogP contribution in [0.1, 0.15) is 30.1 Å². The van der Waals surface area contributed by atoms with Crippen molar-refractivity contribution in [3.8, 4) is 0 Å². The quantitative estimate of drug-likeness (QED) is 0.889. The number of carboxylic acids is 1. The van der Waals surface area contributed by atoms with Gasteiger partial charge in [0, 0.05) is 10.9 Å². The Morgan fingerprint density at radius 1 is 1.19 bits per heavy atom.